The number of carbonyl (C=O) groups excluding carboxylic acids is 4. The quantitative estimate of drug-likeness (QED) is 0.111. The van der Waals surface area contributed by atoms with Gasteiger partial charge in [0.25, 0.3) is 11.8 Å². The van der Waals surface area contributed by atoms with Crippen molar-refractivity contribution < 1.29 is 38.1 Å². The zero-order valence-electron chi connectivity index (χ0n) is 31.3. The lowest BCUT2D eigenvalue weighted by Gasteiger charge is -2.40. The van der Waals surface area contributed by atoms with Gasteiger partial charge in [-0.05, 0) is 48.4 Å². The second-order valence-corrected chi connectivity index (χ2v) is 14.7. The molecule has 6 heterocycles. The maximum Gasteiger partial charge on any atom is 0.262 e. The van der Waals surface area contributed by atoms with Crippen LogP contribution < -0.4 is 15.0 Å². The molecule has 0 spiro atoms. The van der Waals surface area contributed by atoms with Crippen molar-refractivity contribution in [2.45, 2.75) is 50.0 Å². The Labute approximate surface area is 328 Å². The topological polar surface area (TPSA) is 154 Å². The summed E-state index contributed by atoms with van der Waals surface area (Å²) in [6.45, 7) is 2.71. The molecule has 1 unspecified atom stereocenters. The summed E-state index contributed by atoms with van der Waals surface area (Å²) in [7, 11) is 2.08. The van der Waals surface area contributed by atoms with E-state index in [0.29, 0.717) is 38.8 Å². The molecule has 3 aliphatic heterocycles. The summed E-state index contributed by atoms with van der Waals surface area (Å²) in [6, 6.07) is 16.6. The van der Waals surface area contributed by atoms with Crippen LogP contribution in [0.15, 0.2) is 73.2 Å². The number of ether oxygens (including phenoxy) is 4. The van der Waals surface area contributed by atoms with Gasteiger partial charge in [0.15, 0.2) is 0 Å². The highest BCUT2D eigenvalue weighted by Crippen LogP contribution is 2.34. The Kier molecular flexibility index (Phi) is 9.87. The van der Waals surface area contributed by atoms with Crippen LogP contribution in [0.4, 0.5) is 5.69 Å². The molecular formula is C43H40N6O8. The number of anilines is 1. The Morgan fingerprint density at radius 3 is 2.44 bits per heavy atom. The van der Waals surface area contributed by atoms with Gasteiger partial charge in [-0.2, -0.15) is 0 Å². The van der Waals surface area contributed by atoms with Gasteiger partial charge >= 0.3 is 0 Å². The Morgan fingerprint density at radius 1 is 0.789 bits per heavy atom. The molecule has 57 heavy (non-hydrogen) atoms. The summed E-state index contributed by atoms with van der Waals surface area (Å²) in [5.41, 5.74) is 5.75. The van der Waals surface area contributed by atoms with Crippen LogP contribution in [0.2, 0.25) is 0 Å². The van der Waals surface area contributed by atoms with Gasteiger partial charge in [-0.15, -0.1) is 0 Å². The highest BCUT2D eigenvalue weighted by Gasteiger charge is 2.45. The number of aromatic nitrogens is 3. The highest BCUT2D eigenvalue weighted by atomic mass is 16.5. The van der Waals surface area contributed by atoms with Crippen LogP contribution in [0.5, 0.6) is 5.88 Å². The van der Waals surface area contributed by atoms with Crippen molar-refractivity contribution in [3.8, 4) is 28.8 Å². The highest BCUT2D eigenvalue weighted by molar-refractivity contribution is 6.23. The average molecular weight is 769 g/mol. The first-order valence-corrected chi connectivity index (χ1v) is 19.1. The Balaban J connectivity index is 0.636. The van der Waals surface area contributed by atoms with Gasteiger partial charge in [0.1, 0.15) is 25.4 Å². The molecule has 290 valence electrons. The third-order valence-electron chi connectivity index (χ3n) is 11.1. The first-order valence-electron chi connectivity index (χ1n) is 19.1. The van der Waals surface area contributed by atoms with Crippen LogP contribution in [-0.4, -0.2) is 107 Å². The second kappa shape index (κ2) is 15.4. The van der Waals surface area contributed by atoms with Gasteiger partial charge in [-0.25, -0.2) is 4.98 Å². The molecule has 9 rings (SSSR count). The molecule has 1 N–H and O–H groups in total. The largest absolute Gasteiger partial charge is 0.474 e. The van der Waals surface area contributed by atoms with Crippen molar-refractivity contribution in [3.63, 3.8) is 0 Å². The molecule has 14 heteroatoms. The first-order chi connectivity index (χ1) is 27.8. The number of carbonyl (C=O) groups is 4. The van der Waals surface area contributed by atoms with E-state index in [-0.39, 0.29) is 48.9 Å². The Morgan fingerprint density at radius 2 is 1.61 bits per heavy atom. The summed E-state index contributed by atoms with van der Waals surface area (Å²) in [6.07, 6.45) is 7.56. The zero-order chi connectivity index (χ0) is 39.0. The third kappa shape index (κ3) is 7.21. The molecule has 5 aromatic rings. The molecule has 4 amide bonds. The fourth-order valence-electron chi connectivity index (χ4n) is 7.84. The van der Waals surface area contributed by atoms with Gasteiger partial charge in [0.05, 0.1) is 42.1 Å². The predicted octanol–water partition coefficient (Wildman–Crippen LogP) is 4.04. The van der Waals surface area contributed by atoms with E-state index >= 15 is 0 Å². The van der Waals surface area contributed by atoms with Crippen molar-refractivity contribution in [1.29, 1.82) is 0 Å². The SMILES string of the molecule is Cn1c2ccncc2c2ccc(-c3ccc(O[C@H]4C[C@H](OCC#CCOCCOC5CN(c6ccc7c(c6)C(=O)N(C6CCC(=O)NC6=O)C7=O)C5)C4)nc3)cc21. The molecule has 2 saturated heterocycles. The number of fused-ring (bicyclic) bond motifs is 4. The minimum Gasteiger partial charge on any atom is -0.474 e. The molecular weight excluding hydrogens is 729 g/mol. The van der Waals surface area contributed by atoms with Gasteiger partial charge < -0.3 is 28.4 Å². The van der Waals surface area contributed by atoms with Crippen molar-refractivity contribution in [3.05, 3.63) is 84.3 Å². The number of imide groups is 2. The van der Waals surface area contributed by atoms with Gasteiger partial charge in [-0.1, -0.05) is 24.0 Å². The Bertz CT molecular complexity index is 2460. The maximum atomic E-state index is 13.1. The van der Waals surface area contributed by atoms with E-state index in [9.17, 15) is 19.2 Å². The minimum atomic E-state index is -0.984. The molecule has 4 aliphatic rings. The van der Waals surface area contributed by atoms with Crippen LogP contribution in [-0.2, 0) is 30.8 Å². The monoisotopic (exact) mass is 768 g/mol. The number of benzene rings is 2. The fourth-order valence-corrected chi connectivity index (χ4v) is 7.84. The Hall–Kier alpha value is -6.14. The number of pyridine rings is 2. The first kappa shape index (κ1) is 36.5. The molecule has 3 fully saturated rings. The number of nitrogens with zero attached hydrogens (tertiary/aromatic N) is 5. The van der Waals surface area contributed by atoms with Gasteiger partial charge in [0, 0.05) is 91.6 Å². The summed E-state index contributed by atoms with van der Waals surface area (Å²) in [5.74, 6) is 4.53. The van der Waals surface area contributed by atoms with E-state index < -0.39 is 29.7 Å². The van der Waals surface area contributed by atoms with Gasteiger partial charge in [0.2, 0.25) is 17.7 Å². The molecule has 1 atom stereocenters. The van der Waals surface area contributed by atoms with Crippen molar-refractivity contribution in [2.75, 3.05) is 44.4 Å². The van der Waals surface area contributed by atoms with Crippen molar-refractivity contribution in [2.24, 2.45) is 7.05 Å². The summed E-state index contributed by atoms with van der Waals surface area (Å²) < 4.78 is 25.6. The van der Waals surface area contributed by atoms with Crippen LogP contribution in [0.1, 0.15) is 46.4 Å². The maximum absolute atomic E-state index is 13.1. The number of nitrogens with one attached hydrogen (secondary N) is 1. The van der Waals surface area contributed by atoms with E-state index in [4.69, 9.17) is 18.9 Å². The smallest absolute Gasteiger partial charge is 0.262 e. The molecule has 1 aliphatic carbocycles. The van der Waals surface area contributed by atoms with E-state index in [2.05, 4.69) is 61.8 Å². The van der Waals surface area contributed by atoms with E-state index in [0.717, 1.165) is 51.0 Å². The summed E-state index contributed by atoms with van der Waals surface area (Å²) >= 11 is 0. The lowest BCUT2D eigenvalue weighted by molar-refractivity contribution is -0.136. The standard InChI is InChI=1S/C43H40N6O8/c1-47-36-12-13-44-23-35(36)32-7-4-26(18-38(32)47)27-5-11-40(45-22-27)57-30-20-29(21-30)55-15-3-2-14-54-16-17-56-31-24-48(25-31)28-6-8-33-34(19-28)43(53)49(42(33)52)37-9-10-39(50)46-41(37)51/h4-8,11-13,18-19,22-23,29-31,37H,9-10,14-17,20-21,24-25H2,1H3,(H,46,50,51)/t29-,30-,37?. The number of hydrogen-bond donors (Lipinski definition) is 1. The van der Waals surface area contributed by atoms with E-state index in [1.54, 1.807) is 18.2 Å². The van der Waals surface area contributed by atoms with Gasteiger partial charge in [-0.3, -0.25) is 34.4 Å². The van der Waals surface area contributed by atoms with Crippen LogP contribution >= 0.6 is 0 Å². The molecule has 14 nitrogen and oxygen atoms in total. The second-order valence-electron chi connectivity index (χ2n) is 14.7. The van der Waals surface area contributed by atoms with Crippen LogP contribution in [0.3, 0.4) is 0 Å². The number of aryl methyl sites for hydroxylation is 1. The zero-order valence-corrected chi connectivity index (χ0v) is 31.3. The fraction of sp³-hybridized carbons (Fsp3) is 0.349. The molecule has 2 aromatic carbocycles. The average Bonchev–Trinajstić information content (AvgIpc) is 3.61. The van der Waals surface area contributed by atoms with E-state index in [1.165, 1.54) is 5.39 Å². The van der Waals surface area contributed by atoms with E-state index in [1.807, 2.05) is 36.8 Å². The lowest BCUT2D eigenvalue weighted by Crippen LogP contribution is -2.54. The molecule has 0 radical (unpaired) electrons. The predicted molar refractivity (Wildman–Crippen MR) is 209 cm³/mol. The van der Waals surface area contributed by atoms with Crippen molar-refractivity contribution in [1.82, 2.24) is 24.8 Å². The number of rotatable bonds is 12. The minimum absolute atomic E-state index is 0.0131. The summed E-state index contributed by atoms with van der Waals surface area (Å²) in [5, 5.41) is 4.54. The number of hydrogen-bond acceptors (Lipinski definition) is 11. The van der Waals surface area contributed by atoms with Crippen LogP contribution in [0.25, 0.3) is 32.9 Å². The van der Waals surface area contributed by atoms with Crippen LogP contribution in [0, 0.1) is 11.8 Å². The lowest BCUT2D eigenvalue weighted by atomic mass is 9.92. The summed E-state index contributed by atoms with van der Waals surface area (Å²) in [4.78, 5) is 61.8. The molecule has 0 bridgehead atoms. The third-order valence-corrected chi connectivity index (χ3v) is 11.1. The number of piperidine rings is 1. The number of amides is 4. The molecule has 3 aromatic heterocycles. The molecule has 1 saturated carbocycles. The normalized spacial score (nSPS) is 20.6. The van der Waals surface area contributed by atoms with Crippen molar-refractivity contribution >= 4 is 51.1 Å².